The first kappa shape index (κ1) is 8.44. The van der Waals surface area contributed by atoms with E-state index >= 15 is 0 Å². The Balaban J connectivity index is 1.94. The molecule has 0 aromatic heterocycles. The molecular formula is C8H14O4. The van der Waals surface area contributed by atoms with Gasteiger partial charge < -0.3 is 19.3 Å². The van der Waals surface area contributed by atoms with Crippen molar-refractivity contribution >= 4 is 0 Å². The molecule has 12 heavy (non-hydrogen) atoms. The Kier molecular flexibility index (Phi) is 2.32. The minimum atomic E-state index is -0.814. The number of aliphatic hydroxyl groups excluding tert-OH is 1. The van der Waals surface area contributed by atoms with Crippen LogP contribution in [0.25, 0.3) is 0 Å². The maximum absolute atomic E-state index is 8.82. The van der Waals surface area contributed by atoms with Gasteiger partial charge in [0.1, 0.15) is 6.10 Å². The van der Waals surface area contributed by atoms with Gasteiger partial charge in [-0.05, 0) is 12.8 Å². The van der Waals surface area contributed by atoms with Gasteiger partial charge in [-0.1, -0.05) is 0 Å². The van der Waals surface area contributed by atoms with E-state index in [2.05, 4.69) is 0 Å². The molecule has 2 aliphatic rings. The Hall–Kier alpha value is -0.160. The van der Waals surface area contributed by atoms with Crippen LogP contribution in [-0.4, -0.2) is 37.0 Å². The molecule has 2 unspecified atom stereocenters. The summed E-state index contributed by atoms with van der Waals surface area (Å²) >= 11 is 0. The highest BCUT2D eigenvalue weighted by Gasteiger charge is 2.43. The van der Waals surface area contributed by atoms with Crippen LogP contribution in [0.5, 0.6) is 0 Å². The lowest BCUT2D eigenvalue weighted by Gasteiger charge is -2.31. The minimum Gasteiger partial charge on any atom is -0.394 e. The van der Waals surface area contributed by atoms with Crippen molar-refractivity contribution in [2.75, 3.05) is 19.8 Å². The standard InChI is InChI=1S/C8H14O4/c9-5-7-6-11-8(12-7)3-1-2-4-10-8/h7,9H,1-6H2. The van der Waals surface area contributed by atoms with Gasteiger partial charge in [-0.2, -0.15) is 0 Å². The van der Waals surface area contributed by atoms with Gasteiger partial charge in [-0.3, -0.25) is 0 Å². The summed E-state index contributed by atoms with van der Waals surface area (Å²) in [5.41, 5.74) is 0. The predicted molar refractivity (Wildman–Crippen MR) is 40.4 cm³/mol. The normalized spacial score (nSPS) is 42.2. The molecule has 0 radical (unpaired) electrons. The van der Waals surface area contributed by atoms with Crippen molar-refractivity contribution in [1.29, 1.82) is 0 Å². The molecule has 1 spiro atoms. The first-order valence-electron chi connectivity index (χ1n) is 4.41. The SMILES string of the molecule is OCC1COC2(CCCCO2)O1. The van der Waals surface area contributed by atoms with Gasteiger partial charge >= 0.3 is 0 Å². The molecule has 0 saturated carbocycles. The molecule has 4 heteroatoms. The van der Waals surface area contributed by atoms with E-state index in [0.717, 1.165) is 19.3 Å². The van der Waals surface area contributed by atoms with E-state index in [1.807, 2.05) is 0 Å². The zero-order chi connectivity index (χ0) is 8.44. The smallest absolute Gasteiger partial charge is 0.283 e. The Morgan fingerprint density at radius 3 is 2.83 bits per heavy atom. The molecule has 2 heterocycles. The van der Waals surface area contributed by atoms with Crippen molar-refractivity contribution in [2.24, 2.45) is 0 Å². The summed E-state index contributed by atoms with van der Waals surface area (Å²) in [6.07, 6.45) is 2.71. The molecule has 0 aliphatic carbocycles. The van der Waals surface area contributed by atoms with Crippen LogP contribution in [0.1, 0.15) is 19.3 Å². The molecule has 0 aromatic carbocycles. The Morgan fingerprint density at radius 1 is 1.33 bits per heavy atom. The van der Waals surface area contributed by atoms with Crippen LogP contribution < -0.4 is 0 Å². The van der Waals surface area contributed by atoms with Crippen LogP contribution in [0.3, 0.4) is 0 Å². The van der Waals surface area contributed by atoms with Crippen LogP contribution in [-0.2, 0) is 14.2 Å². The zero-order valence-electron chi connectivity index (χ0n) is 6.99. The van der Waals surface area contributed by atoms with E-state index in [1.54, 1.807) is 0 Å². The van der Waals surface area contributed by atoms with Gasteiger partial charge in [0.05, 0.1) is 19.8 Å². The first-order valence-corrected chi connectivity index (χ1v) is 4.41. The van der Waals surface area contributed by atoms with Gasteiger partial charge in [0, 0.05) is 6.42 Å². The fraction of sp³-hybridized carbons (Fsp3) is 1.00. The molecule has 2 saturated heterocycles. The van der Waals surface area contributed by atoms with Crippen molar-refractivity contribution in [3.63, 3.8) is 0 Å². The lowest BCUT2D eigenvalue weighted by atomic mass is 10.2. The third-order valence-electron chi connectivity index (χ3n) is 2.24. The van der Waals surface area contributed by atoms with Gasteiger partial charge in [-0.25, -0.2) is 0 Å². The van der Waals surface area contributed by atoms with E-state index in [1.165, 1.54) is 0 Å². The minimum absolute atomic E-state index is 0.00507. The van der Waals surface area contributed by atoms with Crippen molar-refractivity contribution < 1.29 is 19.3 Å². The van der Waals surface area contributed by atoms with Crippen molar-refractivity contribution in [3.8, 4) is 0 Å². The van der Waals surface area contributed by atoms with Gasteiger partial charge in [0.15, 0.2) is 0 Å². The Labute approximate surface area is 71.4 Å². The van der Waals surface area contributed by atoms with Gasteiger partial charge in [-0.15, -0.1) is 0 Å². The third-order valence-corrected chi connectivity index (χ3v) is 2.24. The van der Waals surface area contributed by atoms with Crippen LogP contribution in [0.4, 0.5) is 0 Å². The van der Waals surface area contributed by atoms with E-state index in [4.69, 9.17) is 19.3 Å². The van der Waals surface area contributed by atoms with E-state index in [9.17, 15) is 0 Å². The van der Waals surface area contributed by atoms with Gasteiger partial charge in [0.25, 0.3) is 5.97 Å². The van der Waals surface area contributed by atoms with Crippen LogP contribution in [0.2, 0.25) is 0 Å². The van der Waals surface area contributed by atoms with Gasteiger partial charge in [0.2, 0.25) is 0 Å². The Morgan fingerprint density at radius 2 is 2.25 bits per heavy atom. The van der Waals surface area contributed by atoms with E-state index < -0.39 is 5.97 Å². The fourth-order valence-electron chi connectivity index (χ4n) is 1.58. The molecule has 70 valence electrons. The summed E-state index contributed by atoms with van der Waals surface area (Å²) in [6, 6.07) is 0. The van der Waals surface area contributed by atoms with Crippen LogP contribution in [0.15, 0.2) is 0 Å². The number of aliphatic hydroxyl groups is 1. The lowest BCUT2D eigenvalue weighted by molar-refractivity contribution is -0.352. The highest BCUT2D eigenvalue weighted by atomic mass is 16.9. The number of ether oxygens (including phenoxy) is 3. The fourth-order valence-corrected chi connectivity index (χ4v) is 1.58. The largest absolute Gasteiger partial charge is 0.394 e. The summed E-state index contributed by atoms with van der Waals surface area (Å²) in [5.74, 6) is -0.814. The van der Waals surface area contributed by atoms with Crippen molar-refractivity contribution in [2.45, 2.75) is 31.3 Å². The molecule has 2 rings (SSSR count). The molecule has 1 N–H and O–H groups in total. The number of hydrogen-bond acceptors (Lipinski definition) is 4. The second kappa shape index (κ2) is 3.30. The summed E-state index contributed by atoms with van der Waals surface area (Å²) in [7, 11) is 0. The quantitative estimate of drug-likeness (QED) is 0.619. The number of rotatable bonds is 1. The third kappa shape index (κ3) is 1.47. The highest BCUT2D eigenvalue weighted by molar-refractivity contribution is 4.73. The van der Waals surface area contributed by atoms with Crippen LogP contribution in [0, 0.1) is 0 Å². The highest BCUT2D eigenvalue weighted by Crippen LogP contribution is 2.33. The summed E-state index contributed by atoms with van der Waals surface area (Å²) < 4.78 is 16.2. The topological polar surface area (TPSA) is 47.9 Å². The predicted octanol–water partition coefficient (Wildman–Crippen LogP) is 0.248. The first-order chi connectivity index (χ1) is 5.85. The van der Waals surface area contributed by atoms with Crippen molar-refractivity contribution in [1.82, 2.24) is 0 Å². The maximum atomic E-state index is 8.82. The van der Waals surface area contributed by atoms with E-state index in [0.29, 0.717) is 13.2 Å². The molecule has 2 fully saturated rings. The molecule has 4 nitrogen and oxygen atoms in total. The molecular weight excluding hydrogens is 160 g/mol. The summed E-state index contributed by atoms with van der Waals surface area (Å²) in [4.78, 5) is 0. The number of hydrogen-bond donors (Lipinski definition) is 1. The monoisotopic (exact) mass is 174 g/mol. The maximum Gasteiger partial charge on any atom is 0.283 e. The lowest BCUT2D eigenvalue weighted by Crippen LogP contribution is -2.38. The molecule has 2 atom stereocenters. The van der Waals surface area contributed by atoms with Crippen molar-refractivity contribution in [3.05, 3.63) is 0 Å². The zero-order valence-corrected chi connectivity index (χ0v) is 6.99. The average molecular weight is 174 g/mol. The summed E-state index contributed by atoms with van der Waals surface area (Å²) in [5, 5.41) is 8.82. The molecule has 0 bridgehead atoms. The van der Waals surface area contributed by atoms with E-state index in [-0.39, 0.29) is 12.7 Å². The summed E-state index contributed by atoms with van der Waals surface area (Å²) in [6.45, 7) is 1.14. The molecule has 2 aliphatic heterocycles. The van der Waals surface area contributed by atoms with Crippen LogP contribution >= 0.6 is 0 Å². The molecule has 0 amide bonds. The second-order valence-corrected chi connectivity index (χ2v) is 3.22. The average Bonchev–Trinajstić information content (AvgIpc) is 2.50. The second-order valence-electron chi connectivity index (χ2n) is 3.22. The Bertz CT molecular complexity index is 153. The molecule has 0 aromatic rings.